The van der Waals surface area contributed by atoms with Gasteiger partial charge in [0, 0.05) is 0 Å². The fraction of sp³-hybridized carbons (Fsp3) is 0. The van der Waals surface area contributed by atoms with E-state index in [9.17, 15) is 4.39 Å². The molecule has 3 nitrogen and oxygen atoms in total. The molecule has 0 aliphatic carbocycles. The lowest BCUT2D eigenvalue weighted by Crippen LogP contribution is -2.01. The average Bonchev–Trinajstić information content (AvgIpc) is 1.99. The Hall–Kier alpha value is -1.23. The lowest BCUT2D eigenvalue weighted by Gasteiger charge is -2.03. The molecule has 0 radical (unpaired) electrons. The van der Waals surface area contributed by atoms with Crippen molar-refractivity contribution in [3.8, 4) is 11.5 Å². The third-order valence-corrected chi connectivity index (χ3v) is 1.16. The van der Waals surface area contributed by atoms with Gasteiger partial charge in [0.05, 0.1) is 0 Å². The second-order valence-electron chi connectivity index (χ2n) is 1.86. The molecule has 58 valence electrons. The van der Waals surface area contributed by atoms with Crippen molar-refractivity contribution in [2.45, 2.75) is 0 Å². The first-order valence-electron chi connectivity index (χ1n) is 2.97. The van der Waals surface area contributed by atoms with E-state index in [1.54, 1.807) is 0 Å². The maximum atomic E-state index is 12.7. The zero-order chi connectivity index (χ0) is 8.27. The third kappa shape index (κ3) is 1.62. The van der Waals surface area contributed by atoms with E-state index >= 15 is 0 Å². The molecule has 0 heterocycles. The summed E-state index contributed by atoms with van der Waals surface area (Å²) in [5.74, 6) is -1.51. The molecule has 0 saturated carbocycles. The van der Waals surface area contributed by atoms with Gasteiger partial charge in [-0.15, -0.1) is 0 Å². The van der Waals surface area contributed by atoms with Crippen molar-refractivity contribution in [1.82, 2.24) is 0 Å². The zero-order valence-corrected chi connectivity index (χ0v) is 5.62. The smallest absolute Gasteiger partial charge is 0.504 e. The van der Waals surface area contributed by atoms with Crippen LogP contribution in [0, 0.1) is 5.82 Å². The van der Waals surface area contributed by atoms with Gasteiger partial charge in [-0.2, -0.15) is 4.39 Å². The molecule has 0 fully saturated rings. The van der Waals surface area contributed by atoms with Gasteiger partial charge in [0.15, 0.2) is 5.75 Å². The molecule has 0 aliphatic heterocycles. The van der Waals surface area contributed by atoms with Crippen molar-refractivity contribution < 1.29 is 19.2 Å². The summed E-state index contributed by atoms with van der Waals surface area (Å²) >= 11 is 0. The fourth-order valence-electron chi connectivity index (χ4n) is 0.680. The summed E-state index contributed by atoms with van der Waals surface area (Å²) in [6.07, 6.45) is 0. The summed E-state index contributed by atoms with van der Waals surface area (Å²) in [4.78, 5) is 0. The monoisotopic (exact) mass is 156 g/mol. The van der Waals surface area contributed by atoms with Crippen LogP contribution in [-0.4, -0.2) is 17.8 Å². The topological polar surface area (TPSA) is 49.7 Å². The van der Waals surface area contributed by atoms with E-state index in [-0.39, 0.29) is 5.75 Å². The summed E-state index contributed by atoms with van der Waals surface area (Å²) in [6.45, 7) is 0. The Labute approximate surface area is 63.4 Å². The van der Waals surface area contributed by atoms with Gasteiger partial charge in [0.25, 0.3) is 0 Å². The number of rotatable bonds is 2. The summed E-state index contributed by atoms with van der Waals surface area (Å²) in [7, 11) is -0.611. The van der Waals surface area contributed by atoms with Crippen LogP contribution in [0.3, 0.4) is 0 Å². The quantitative estimate of drug-likeness (QED) is 0.600. The highest BCUT2D eigenvalue weighted by Gasteiger charge is 2.06. The highest BCUT2D eigenvalue weighted by molar-refractivity contribution is 6.17. The zero-order valence-electron chi connectivity index (χ0n) is 5.62. The molecule has 0 aromatic heterocycles. The largest absolute Gasteiger partial charge is 0.537 e. The van der Waals surface area contributed by atoms with Gasteiger partial charge in [-0.1, -0.05) is 6.07 Å². The molecule has 0 saturated heterocycles. The Balaban J connectivity index is 2.96. The van der Waals surface area contributed by atoms with Crippen molar-refractivity contribution >= 4 is 7.69 Å². The molecule has 0 atom stereocenters. The van der Waals surface area contributed by atoms with Crippen LogP contribution in [0.2, 0.25) is 0 Å². The molecule has 0 aliphatic rings. The first-order chi connectivity index (χ1) is 5.25. The SMILES string of the molecule is OBOc1cccc(O)c1F. The minimum atomic E-state index is -0.860. The maximum absolute atomic E-state index is 12.7. The molecule has 1 aromatic rings. The van der Waals surface area contributed by atoms with Crippen LogP contribution in [0.1, 0.15) is 0 Å². The molecule has 11 heavy (non-hydrogen) atoms. The number of phenols is 1. The number of hydrogen-bond acceptors (Lipinski definition) is 3. The molecular weight excluding hydrogens is 150 g/mol. The Kier molecular flexibility index (Phi) is 2.33. The molecule has 5 heteroatoms. The van der Waals surface area contributed by atoms with E-state index in [0.29, 0.717) is 0 Å². The Morgan fingerprint density at radius 3 is 2.82 bits per heavy atom. The van der Waals surface area contributed by atoms with Crippen molar-refractivity contribution in [3.05, 3.63) is 24.0 Å². The van der Waals surface area contributed by atoms with Gasteiger partial charge in [-0.3, -0.25) is 0 Å². The molecule has 1 rings (SSSR count). The summed E-state index contributed by atoms with van der Waals surface area (Å²) in [5, 5.41) is 17.1. The Morgan fingerprint density at radius 1 is 1.45 bits per heavy atom. The third-order valence-electron chi connectivity index (χ3n) is 1.16. The van der Waals surface area contributed by atoms with E-state index in [2.05, 4.69) is 4.65 Å². The van der Waals surface area contributed by atoms with Crippen LogP contribution >= 0.6 is 0 Å². The Morgan fingerprint density at radius 2 is 2.18 bits per heavy atom. The normalized spacial score (nSPS) is 9.27. The van der Waals surface area contributed by atoms with Gasteiger partial charge in [-0.05, 0) is 12.1 Å². The minimum absolute atomic E-state index is 0.160. The summed E-state index contributed by atoms with van der Waals surface area (Å²) in [6, 6.07) is 3.92. The first kappa shape index (κ1) is 7.88. The fourth-order valence-corrected chi connectivity index (χ4v) is 0.680. The van der Waals surface area contributed by atoms with E-state index in [1.165, 1.54) is 18.2 Å². The highest BCUT2D eigenvalue weighted by atomic mass is 19.1. The number of aromatic hydroxyl groups is 1. The molecule has 0 unspecified atom stereocenters. The standard InChI is InChI=1S/C6H6BFO3/c8-6-4(9)2-1-3-5(6)11-7-10/h1-3,7,9-10H. The van der Waals surface area contributed by atoms with Crippen molar-refractivity contribution in [3.63, 3.8) is 0 Å². The lowest BCUT2D eigenvalue weighted by atomic mass is 10.3. The lowest BCUT2D eigenvalue weighted by molar-refractivity contribution is 0.397. The second kappa shape index (κ2) is 3.25. The van der Waals surface area contributed by atoms with Gasteiger partial charge in [-0.25, -0.2) is 0 Å². The van der Waals surface area contributed by atoms with Gasteiger partial charge < -0.3 is 14.8 Å². The van der Waals surface area contributed by atoms with Crippen LogP contribution in [0.15, 0.2) is 18.2 Å². The van der Waals surface area contributed by atoms with E-state index in [0.717, 1.165) is 0 Å². The predicted octanol–water partition coefficient (Wildman–Crippen LogP) is 0.169. The minimum Gasteiger partial charge on any atom is -0.537 e. The molecule has 0 bridgehead atoms. The van der Waals surface area contributed by atoms with Gasteiger partial charge >= 0.3 is 7.69 Å². The molecule has 0 spiro atoms. The van der Waals surface area contributed by atoms with Crippen LogP contribution in [0.4, 0.5) is 4.39 Å². The number of halogens is 1. The summed E-state index contributed by atoms with van der Waals surface area (Å²) in [5.41, 5.74) is 0. The highest BCUT2D eigenvalue weighted by Crippen LogP contribution is 2.24. The predicted molar refractivity (Wildman–Crippen MR) is 38.1 cm³/mol. The first-order valence-corrected chi connectivity index (χ1v) is 2.97. The van der Waals surface area contributed by atoms with Crippen molar-refractivity contribution in [1.29, 1.82) is 0 Å². The van der Waals surface area contributed by atoms with E-state index in [4.69, 9.17) is 10.1 Å². The maximum Gasteiger partial charge on any atom is 0.504 e. The van der Waals surface area contributed by atoms with Crippen molar-refractivity contribution in [2.75, 3.05) is 0 Å². The van der Waals surface area contributed by atoms with Crippen molar-refractivity contribution in [2.24, 2.45) is 0 Å². The average molecular weight is 156 g/mol. The second-order valence-corrected chi connectivity index (χ2v) is 1.86. The van der Waals surface area contributed by atoms with E-state index in [1.807, 2.05) is 0 Å². The molecule has 1 aromatic carbocycles. The number of benzene rings is 1. The molecular formula is C6H6BFO3. The van der Waals surface area contributed by atoms with Crippen LogP contribution in [0.25, 0.3) is 0 Å². The van der Waals surface area contributed by atoms with Crippen LogP contribution in [-0.2, 0) is 0 Å². The van der Waals surface area contributed by atoms with Crippen LogP contribution < -0.4 is 4.65 Å². The number of hydrogen-bond donors (Lipinski definition) is 2. The molecule has 0 amide bonds. The van der Waals surface area contributed by atoms with Crippen LogP contribution in [0.5, 0.6) is 11.5 Å². The Bertz CT molecular complexity index is 254. The van der Waals surface area contributed by atoms with E-state index < -0.39 is 19.3 Å². The van der Waals surface area contributed by atoms with Gasteiger partial charge in [0.1, 0.15) is 5.75 Å². The molecule has 2 N–H and O–H groups in total. The number of phenolic OH excluding ortho intramolecular Hbond substituents is 1. The summed E-state index contributed by atoms with van der Waals surface area (Å²) < 4.78 is 17.1. The van der Waals surface area contributed by atoms with Gasteiger partial charge in [0.2, 0.25) is 5.82 Å².